The van der Waals surface area contributed by atoms with Gasteiger partial charge in [0.1, 0.15) is 5.54 Å². The van der Waals surface area contributed by atoms with Crippen LogP contribution in [0, 0.1) is 5.92 Å². The van der Waals surface area contributed by atoms with E-state index in [2.05, 4.69) is 39.5 Å². The minimum atomic E-state index is -0.435. The molecule has 2 fully saturated rings. The highest BCUT2D eigenvalue weighted by atomic mass is 16.5. The number of hydrogen-bond acceptors (Lipinski definition) is 6. The molecule has 1 saturated heterocycles. The Kier molecular flexibility index (Phi) is 6.64. The highest BCUT2D eigenvalue weighted by Gasteiger charge is 2.41. The summed E-state index contributed by atoms with van der Waals surface area (Å²) in [5, 5.41) is 10.9. The lowest BCUT2D eigenvalue weighted by Crippen LogP contribution is -2.44. The molecule has 1 aromatic heterocycles. The molecular weight excluding hydrogens is 330 g/mol. The minimum absolute atomic E-state index is 0.119. The van der Waals surface area contributed by atoms with E-state index in [9.17, 15) is 4.79 Å². The molecule has 3 rings (SSSR count). The number of rotatable bonds is 9. The molecule has 0 aromatic carbocycles. The maximum atomic E-state index is 12.6. The summed E-state index contributed by atoms with van der Waals surface area (Å²) < 4.78 is 5.50. The van der Waals surface area contributed by atoms with Crippen molar-refractivity contribution in [3.63, 3.8) is 0 Å². The average molecular weight is 364 g/mol. The van der Waals surface area contributed by atoms with Gasteiger partial charge in [-0.2, -0.15) is 4.98 Å². The van der Waals surface area contributed by atoms with E-state index in [-0.39, 0.29) is 5.91 Å². The van der Waals surface area contributed by atoms with Crippen molar-refractivity contribution in [2.24, 2.45) is 5.92 Å². The third-order valence-electron chi connectivity index (χ3n) is 5.93. The average Bonchev–Trinajstić information content (AvgIpc) is 3.39. The molecular formula is C19H33N5O2. The van der Waals surface area contributed by atoms with Crippen LogP contribution in [0.15, 0.2) is 4.52 Å². The lowest BCUT2D eigenvalue weighted by atomic mass is 9.95. The summed E-state index contributed by atoms with van der Waals surface area (Å²) >= 11 is 0. The van der Waals surface area contributed by atoms with Gasteiger partial charge in [-0.05, 0) is 57.8 Å². The normalized spacial score (nSPS) is 22.2. The van der Waals surface area contributed by atoms with E-state index in [0.717, 1.165) is 58.3 Å². The van der Waals surface area contributed by atoms with Crippen LogP contribution in [-0.4, -0.2) is 47.1 Å². The molecule has 1 aliphatic heterocycles. The Hall–Kier alpha value is -1.47. The molecule has 2 aliphatic rings. The number of nitrogens with one attached hydrogen (secondary N) is 2. The van der Waals surface area contributed by atoms with Gasteiger partial charge in [0.2, 0.25) is 11.8 Å². The number of carbonyl (C=O) groups is 1. The van der Waals surface area contributed by atoms with E-state index in [4.69, 9.17) is 4.52 Å². The zero-order valence-corrected chi connectivity index (χ0v) is 16.2. The Morgan fingerprint density at radius 1 is 1.35 bits per heavy atom. The topological polar surface area (TPSA) is 83.3 Å². The molecule has 1 saturated carbocycles. The highest BCUT2D eigenvalue weighted by molar-refractivity contribution is 5.77. The first kappa shape index (κ1) is 19.3. The van der Waals surface area contributed by atoms with Gasteiger partial charge in [0.05, 0.1) is 6.54 Å². The summed E-state index contributed by atoms with van der Waals surface area (Å²) in [6.07, 6.45) is 6.69. The second-order valence-electron chi connectivity index (χ2n) is 7.71. The molecule has 1 aliphatic carbocycles. The maximum Gasteiger partial charge on any atom is 0.240 e. The van der Waals surface area contributed by atoms with Crippen LogP contribution in [0.1, 0.15) is 70.5 Å². The minimum Gasteiger partial charge on any atom is -0.343 e. The van der Waals surface area contributed by atoms with Crippen LogP contribution < -0.4 is 10.6 Å². The lowest BCUT2D eigenvalue weighted by Gasteiger charge is -2.27. The van der Waals surface area contributed by atoms with Crippen LogP contribution in [0.4, 0.5) is 0 Å². The quantitative estimate of drug-likeness (QED) is 0.700. The Bertz CT molecular complexity index is 572. The van der Waals surface area contributed by atoms with Crippen LogP contribution >= 0.6 is 0 Å². The largest absolute Gasteiger partial charge is 0.343 e. The van der Waals surface area contributed by atoms with Crippen molar-refractivity contribution in [1.82, 2.24) is 25.7 Å². The maximum absolute atomic E-state index is 12.6. The standard InChI is InChI=1S/C19H33N5O2/c1-3-24(4-2)14-17-21-18(23-26-17)19(10-5-6-11-19)22-16(25)8-7-15-9-12-20-13-15/h15,20H,3-14H2,1-2H3,(H,22,25). The van der Waals surface area contributed by atoms with Gasteiger partial charge in [-0.25, -0.2) is 0 Å². The fraction of sp³-hybridized carbons (Fsp3) is 0.842. The predicted molar refractivity (Wildman–Crippen MR) is 99.4 cm³/mol. The zero-order valence-electron chi connectivity index (χ0n) is 16.2. The van der Waals surface area contributed by atoms with Crippen molar-refractivity contribution < 1.29 is 9.32 Å². The van der Waals surface area contributed by atoms with Crippen LogP contribution in [-0.2, 0) is 16.9 Å². The second kappa shape index (κ2) is 8.95. The molecule has 2 heterocycles. The van der Waals surface area contributed by atoms with Crippen molar-refractivity contribution in [1.29, 1.82) is 0 Å². The molecule has 26 heavy (non-hydrogen) atoms. The molecule has 0 radical (unpaired) electrons. The van der Waals surface area contributed by atoms with E-state index >= 15 is 0 Å². The number of amides is 1. The summed E-state index contributed by atoms with van der Waals surface area (Å²) in [5.41, 5.74) is -0.435. The highest BCUT2D eigenvalue weighted by Crippen LogP contribution is 2.37. The number of aromatic nitrogens is 2. The van der Waals surface area contributed by atoms with Crippen LogP contribution in [0.2, 0.25) is 0 Å². The third-order valence-corrected chi connectivity index (χ3v) is 5.93. The van der Waals surface area contributed by atoms with Gasteiger partial charge >= 0.3 is 0 Å². The third kappa shape index (κ3) is 4.62. The number of hydrogen-bond donors (Lipinski definition) is 2. The van der Waals surface area contributed by atoms with Crippen molar-refractivity contribution in [2.45, 2.75) is 70.9 Å². The monoisotopic (exact) mass is 363 g/mol. The molecule has 146 valence electrons. The number of nitrogens with zero attached hydrogens (tertiary/aromatic N) is 3. The summed E-state index contributed by atoms with van der Waals surface area (Å²) in [7, 11) is 0. The fourth-order valence-corrected chi connectivity index (χ4v) is 4.16. The SMILES string of the molecule is CCN(CC)Cc1nc(C2(NC(=O)CCC3CCNC3)CCCC2)no1. The summed E-state index contributed by atoms with van der Waals surface area (Å²) in [5.74, 6) is 2.05. The molecule has 2 N–H and O–H groups in total. The molecule has 0 bridgehead atoms. The Balaban J connectivity index is 1.61. The summed E-state index contributed by atoms with van der Waals surface area (Å²) in [4.78, 5) is 19.5. The molecule has 7 heteroatoms. The van der Waals surface area contributed by atoms with Crippen LogP contribution in [0.25, 0.3) is 0 Å². The van der Waals surface area contributed by atoms with E-state index in [1.165, 1.54) is 6.42 Å². The molecule has 1 aromatic rings. The van der Waals surface area contributed by atoms with E-state index < -0.39 is 5.54 Å². The molecule has 7 nitrogen and oxygen atoms in total. The molecule has 0 spiro atoms. The Morgan fingerprint density at radius 3 is 2.77 bits per heavy atom. The molecule has 1 unspecified atom stereocenters. The summed E-state index contributed by atoms with van der Waals surface area (Å²) in [6.45, 7) is 8.93. The van der Waals surface area contributed by atoms with Crippen molar-refractivity contribution in [2.75, 3.05) is 26.2 Å². The first-order chi connectivity index (χ1) is 12.6. The second-order valence-corrected chi connectivity index (χ2v) is 7.71. The fourth-order valence-electron chi connectivity index (χ4n) is 4.16. The zero-order chi connectivity index (χ0) is 18.4. The summed E-state index contributed by atoms with van der Waals surface area (Å²) in [6, 6.07) is 0. The van der Waals surface area contributed by atoms with E-state index in [1.54, 1.807) is 0 Å². The lowest BCUT2D eigenvalue weighted by molar-refractivity contribution is -0.123. The van der Waals surface area contributed by atoms with E-state index in [0.29, 0.717) is 30.6 Å². The molecule has 1 atom stereocenters. The van der Waals surface area contributed by atoms with Crippen LogP contribution in [0.3, 0.4) is 0 Å². The van der Waals surface area contributed by atoms with Crippen LogP contribution in [0.5, 0.6) is 0 Å². The van der Waals surface area contributed by atoms with Crippen molar-refractivity contribution in [3.8, 4) is 0 Å². The van der Waals surface area contributed by atoms with Gasteiger partial charge in [0, 0.05) is 6.42 Å². The van der Waals surface area contributed by atoms with Gasteiger partial charge < -0.3 is 15.2 Å². The van der Waals surface area contributed by atoms with Crippen molar-refractivity contribution in [3.05, 3.63) is 11.7 Å². The predicted octanol–water partition coefficient (Wildman–Crippen LogP) is 2.19. The Labute approximate surface area is 156 Å². The van der Waals surface area contributed by atoms with Gasteiger partial charge in [-0.15, -0.1) is 0 Å². The van der Waals surface area contributed by atoms with Gasteiger partial charge in [-0.1, -0.05) is 31.8 Å². The van der Waals surface area contributed by atoms with Gasteiger partial charge in [0.25, 0.3) is 0 Å². The van der Waals surface area contributed by atoms with Crippen molar-refractivity contribution >= 4 is 5.91 Å². The Morgan fingerprint density at radius 2 is 2.12 bits per heavy atom. The van der Waals surface area contributed by atoms with Gasteiger partial charge in [-0.3, -0.25) is 9.69 Å². The smallest absolute Gasteiger partial charge is 0.240 e. The van der Waals surface area contributed by atoms with Gasteiger partial charge in [0.15, 0.2) is 5.82 Å². The first-order valence-corrected chi connectivity index (χ1v) is 10.2. The molecule has 1 amide bonds. The first-order valence-electron chi connectivity index (χ1n) is 10.2. The number of carbonyl (C=O) groups excluding carboxylic acids is 1. The van der Waals surface area contributed by atoms with E-state index in [1.807, 2.05) is 0 Å².